The molecule has 0 aliphatic heterocycles. The lowest BCUT2D eigenvalue weighted by atomic mass is 10.1. The number of rotatable bonds is 12. The van der Waals surface area contributed by atoms with Crippen molar-refractivity contribution in [2.45, 2.75) is 13.8 Å². The Bertz CT molecular complexity index is 1460. The number of nitrogens with zero attached hydrogens (tertiary/aromatic N) is 3. The largest absolute Gasteiger partial charge is 0.491 e. The maximum absolute atomic E-state index is 12.3. The number of anilines is 1. The predicted octanol–water partition coefficient (Wildman–Crippen LogP) is 5.95. The summed E-state index contributed by atoms with van der Waals surface area (Å²) >= 11 is 1.14. The summed E-state index contributed by atoms with van der Waals surface area (Å²) < 4.78 is 17.0. The first-order valence-corrected chi connectivity index (χ1v) is 13.2. The summed E-state index contributed by atoms with van der Waals surface area (Å²) in [5, 5.41) is 21.1. The van der Waals surface area contributed by atoms with Crippen LogP contribution in [0.25, 0.3) is 11.6 Å². The van der Waals surface area contributed by atoms with Gasteiger partial charge in [0.05, 0.1) is 18.8 Å². The fourth-order valence-electron chi connectivity index (χ4n) is 3.45. The highest BCUT2D eigenvalue weighted by atomic mass is 32.1. The smallest absolute Gasteiger partial charge is 0.257 e. The molecule has 9 heteroatoms. The fourth-order valence-corrected chi connectivity index (χ4v) is 4.16. The molecule has 1 heterocycles. The van der Waals surface area contributed by atoms with Crippen molar-refractivity contribution in [1.29, 1.82) is 5.26 Å². The summed E-state index contributed by atoms with van der Waals surface area (Å²) in [4.78, 5) is 12.3. The van der Waals surface area contributed by atoms with Crippen molar-refractivity contribution in [3.8, 4) is 17.6 Å². The van der Waals surface area contributed by atoms with E-state index < -0.39 is 0 Å². The average molecular weight is 541 g/mol. The van der Waals surface area contributed by atoms with Gasteiger partial charge in [-0.05, 0) is 73.0 Å². The van der Waals surface area contributed by atoms with Crippen LogP contribution in [0.4, 0.5) is 5.13 Å². The second kappa shape index (κ2) is 13.9. The molecule has 0 aliphatic rings. The number of ether oxygens (including phenoxy) is 3. The third-order valence-electron chi connectivity index (χ3n) is 5.69. The number of amides is 1. The molecule has 3 aromatic carbocycles. The Morgan fingerprint density at radius 1 is 0.897 bits per heavy atom. The minimum atomic E-state index is -0.285. The van der Waals surface area contributed by atoms with Gasteiger partial charge in [0.15, 0.2) is 5.01 Å². The lowest BCUT2D eigenvalue weighted by Crippen LogP contribution is -2.12. The maximum Gasteiger partial charge on any atom is 0.257 e. The van der Waals surface area contributed by atoms with Gasteiger partial charge >= 0.3 is 0 Å². The third-order valence-corrected chi connectivity index (χ3v) is 6.57. The topological polar surface area (TPSA) is 106 Å². The molecule has 4 aromatic rings. The highest BCUT2D eigenvalue weighted by Gasteiger charge is 2.13. The van der Waals surface area contributed by atoms with Gasteiger partial charge in [-0.25, -0.2) is 0 Å². The molecule has 4 rings (SSSR count). The van der Waals surface area contributed by atoms with Crippen molar-refractivity contribution in [3.63, 3.8) is 0 Å². The third kappa shape index (κ3) is 8.23. The molecule has 0 radical (unpaired) electrons. The van der Waals surface area contributed by atoms with E-state index in [4.69, 9.17) is 14.2 Å². The Morgan fingerprint density at radius 3 is 2.28 bits per heavy atom. The Kier molecular flexibility index (Phi) is 9.78. The Labute approximate surface area is 231 Å². The molecule has 8 nitrogen and oxygen atoms in total. The molecule has 0 aliphatic carbocycles. The number of carbonyl (C=O) groups excluding carboxylic acids is 1. The second-order valence-electron chi connectivity index (χ2n) is 8.53. The van der Waals surface area contributed by atoms with Gasteiger partial charge in [0, 0.05) is 5.56 Å². The van der Waals surface area contributed by atoms with E-state index in [-0.39, 0.29) is 5.91 Å². The molecule has 1 N–H and O–H groups in total. The number of benzene rings is 3. The van der Waals surface area contributed by atoms with Crippen molar-refractivity contribution in [2.75, 3.05) is 31.7 Å². The van der Waals surface area contributed by atoms with E-state index in [1.807, 2.05) is 48.5 Å². The molecule has 0 fully saturated rings. The zero-order valence-electron chi connectivity index (χ0n) is 21.7. The number of carbonyl (C=O) groups is 1. The van der Waals surface area contributed by atoms with Gasteiger partial charge in [0.2, 0.25) is 5.13 Å². The zero-order chi connectivity index (χ0) is 27.5. The number of nitriles is 1. The quantitative estimate of drug-likeness (QED) is 0.175. The van der Waals surface area contributed by atoms with Gasteiger partial charge < -0.3 is 14.2 Å². The lowest BCUT2D eigenvalue weighted by Gasteiger charge is -2.10. The first-order valence-electron chi connectivity index (χ1n) is 12.3. The van der Waals surface area contributed by atoms with Gasteiger partial charge in [-0.2, -0.15) is 5.26 Å². The number of aromatic nitrogens is 2. The zero-order valence-corrected chi connectivity index (χ0v) is 22.5. The van der Waals surface area contributed by atoms with Crippen LogP contribution in [0.2, 0.25) is 0 Å². The van der Waals surface area contributed by atoms with Crippen LogP contribution < -0.4 is 14.8 Å². The van der Waals surface area contributed by atoms with Crippen LogP contribution >= 0.6 is 11.3 Å². The first kappa shape index (κ1) is 27.5. The highest BCUT2D eigenvalue weighted by molar-refractivity contribution is 7.16. The standard InChI is InChI=1S/C30H28N4O4S/c1-21-8-11-27(18-22(21)2)38-17-15-36-14-16-37-26-12-9-23(10-13-26)19-25(20-31)29-33-34-30(39-29)32-28(35)24-6-4-3-5-7-24/h3-13,18-19H,14-17H2,1-2H3,(H,32,34,35). The van der Waals surface area contributed by atoms with E-state index in [1.165, 1.54) is 11.1 Å². The highest BCUT2D eigenvalue weighted by Crippen LogP contribution is 2.25. The lowest BCUT2D eigenvalue weighted by molar-refractivity contribution is 0.0764. The van der Waals surface area contributed by atoms with Crippen molar-refractivity contribution >= 4 is 34.0 Å². The van der Waals surface area contributed by atoms with Crippen LogP contribution in [0, 0.1) is 25.2 Å². The van der Waals surface area contributed by atoms with Crippen molar-refractivity contribution in [3.05, 3.63) is 100 Å². The van der Waals surface area contributed by atoms with Gasteiger partial charge in [-0.3, -0.25) is 10.1 Å². The van der Waals surface area contributed by atoms with Gasteiger partial charge in [-0.1, -0.05) is 47.7 Å². The van der Waals surface area contributed by atoms with Crippen LogP contribution in [0.5, 0.6) is 11.5 Å². The van der Waals surface area contributed by atoms with Crippen molar-refractivity contribution in [1.82, 2.24) is 10.2 Å². The van der Waals surface area contributed by atoms with Crippen LogP contribution in [-0.4, -0.2) is 42.5 Å². The maximum atomic E-state index is 12.3. The molecule has 0 unspecified atom stereocenters. The number of hydrogen-bond donors (Lipinski definition) is 1. The molecule has 198 valence electrons. The van der Waals surface area contributed by atoms with Crippen LogP contribution in [-0.2, 0) is 4.74 Å². The minimum absolute atomic E-state index is 0.285. The van der Waals surface area contributed by atoms with Gasteiger partial charge in [0.25, 0.3) is 5.91 Å². The molecule has 0 atom stereocenters. The fraction of sp³-hybridized carbons (Fsp3) is 0.200. The molecule has 0 spiro atoms. The van der Waals surface area contributed by atoms with E-state index in [0.717, 1.165) is 22.6 Å². The van der Waals surface area contributed by atoms with Gasteiger partial charge in [0.1, 0.15) is 30.8 Å². The molecule has 0 bridgehead atoms. The SMILES string of the molecule is Cc1ccc(OCCOCCOc2ccc(C=C(C#N)c3nnc(NC(=O)c4ccccc4)s3)cc2)cc1C. The Balaban J connectivity index is 1.21. The molecule has 1 amide bonds. The molecular formula is C30H28N4O4S. The summed E-state index contributed by atoms with van der Waals surface area (Å²) in [5.74, 6) is 1.25. The van der Waals surface area contributed by atoms with Crippen LogP contribution in [0.1, 0.15) is 32.1 Å². The summed E-state index contributed by atoms with van der Waals surface area (Å²) in [6.07, 6.45) is 1.71. The van der Waals surface area contributed by atoms with Crippen LogP contribution in [0.15, 0.2) is 72.8 Å². The molecule has 39 heavy (non-hydrogen) atoms. The van der Waals surface area contributed by atoms with E-state index in [2.05, 4.69) is 35.4 Å². The number of hydrogen-bond acceptors (Lipinski definition) is 8. The van der Waals surface area contributed by atoms with E-state index in [0.29, 0.717) is 53.5 Å². The summed E-state index contributed by atoms with van der Waals surface area (Å²) in [5.41, 5.74) is 4.11. The number of aryl methyl sites for hydroxylation is 2. The minimum Gasteiger partial charge on any atom is -0.491 e. The van der Waals surface area contributed by atoms with Gasteiger partial charge in [-0.15, -0.1) is 10.2 Å². The number of nitrogens with one attached hydrogen (secondary N) is 1. The molecule has 1 aromatic heterocycles. The molecular weight excluding hydrogens is 512 g/mol. The van der Waals surface area contributed by atoms with Crippen molar-refractivity contribution in [2.24, 2.45) is 0 Å². The average Bonchev–Trinajstić information content (AvgIpc) is 3.42. The Hall–Kier alpha value is -4.52. The first-order chi connectivity index (χ1) is 19.0. The number of allylic oxidation sites excluding steroid dienone is 1. The summed E-state index contributed by atoms with van der Waals surface area (Å²) in [7, 11) is 0. The van der Waals surface area contributed by atoms with E-state index in [9.17, 15) is 10.1 Å². The molecule has 0 saturated heterocycles. The molecule has 0 saturated carbocycles. The Morgan fingerprint density at radius 2 is 1.59 bits per heavy atom. The normalized spacial score (nSPS) is 11.1. The van der Waals surface area contributed by atoms with Crippen LogP contribution in [0.3, 0.4) is 0 Å². The van der Waals surface area contributed by atoms with E-state index >= 15 is 0 Å². The second-order valence-corrected chi connectivity index (χ2v) is 9.50. The monoisotopic (exact) mass is 540 g/mol. The summed E-state index contributed by atoms with van der Waals surface area (Å²) in [6.45, 7) is 5.93. The summed E-state index contributed by atoms with van der Waals surface area (Å²) in [6, 6.07) is 24.4. The van der Waals surface area contributed by atoms with Crippen molar-refractivity contribution < 1.29 is 19.0 Å². The van der Waals surface area contributed by atoms with E-state index in [1.54, 1.807) is 30.3 Å². The predicted molar refractivity (Wildman–Crippen MR) is 152 cm³/mol.